The maximum Gasteiger partial charge on any atom is 0.290 e. The van der Waals surface area contributed by atoms with E-state index in [0.717, 1.165) is 19.3 Å². The van der Waals surface area contributed by atoms with E-state index >= 15 is 0 Å². The van der Waals surface area contributed by atoms with Gasteiger partial charge in [-0.05, 0) is 12.8 Å². The SMILES string of the molecule is NC1CCCCC1Nc1ncc[nH]c1=O. The molecule has 1 aromatic heterocycles. The Hall–Kier alpha value is -1.36. The van der Waals surface area contributed by atoms with Crippen molar-refractivity contribution in [3.05, 3.63) is 22.7 Å². The Morgan fingerprint density at radius 3 is 3.00 bits per heavy atom. The molecular formula is C10H16N4O. The first-order chi connectivity index (χ1) is 7.27. The first-order valence-electron chi connectivity index (χ1n) is 5.33. The third-order valence-corrected chi connectivity index (χ3v) is 2.85. The number of nitrogens with one attached hydrogen (secondary N) is 2. The maximum atomic E-state index is 11.4. The number of aromatic amines is 1. The summed E-state index contributed by atoms with van der Waals surface area (Å²) in [6, 6.07) is 0.301. The summed E-state index contributed by atoms with van der Waals surface area (Å²) in [5, 5.41) is 3.12. The standard InChI is InChI=1S/C10H16N4O/c11-7-3-1-2-4-8(7)14-9-10(15)13-6-5-12-9/h5-8H,1-4,11H2,(H,12,14)(H,13,15). The van der Waals surface area contributed by atoms with Crippen LogP contribution in [-0.2, 0) is 0 Å². The third kappa shape index (κ3) is 2.36. The molecule has 0 amide bonds. The largest absolute Gasteiger partial charge is 0.361 e. The second-order valence-electron chi connectivity index (χ2n) is 3.97. The van der Waals surface area contributed by atoms with E-state index in [-0.39, 0.29) is 17.6 Å². The van der Waals surface area contributed by atoms with Crippen molar-refractivity contribution in [3.63, 3.8) is 0 Å². The molecule has 1 aliphatic rings. The quantitative estimate of drug-likeness (QED) is 0.659. The van der Waals surface area contributed by atoms with E-state index in [1.54, 1.807) is 6.20 Å². The molecule has 1 aromatic rings. The molecule has 5 nitrogen and oxygen atoms in total. The minimum absolute atomic E-state index is 0.125. The van der Waals surface area contributed by atoms with Crippen molar-refractivity contribution in [1.29, 1.82) is 0 Å². The van der Waals surface area contributed by atoms with Crippen LogP contribution in [0.15, 0.2) is 17.2 Å². The molecule has 1 saturated carbocycles. The minimum Gasteiger partial charge on any atom is -0.361 e. The average molecular weight is 208 g/mol. The highest BCUT2D eigenvalue weighted by molar-refractivity contribution is 5.32. The van der Waals surface area contributed by atoms with E-state index in [1.807, 2.05) is 0 Å². The summed E-state index contributed by atoms with van der Waals surface area (Å²) < 4.78 is 0. The van der Waals surface area contributed by atoms with Gasteiger partial charge >= 0.3 is 0 Å². The highest BCUT2D eigenvalue weighted by Crippen LogP contribution is 2.18. The van der Waals surface area contributed by atoms with Crippen molar-refractivity contribution in [2.45, 2.75) is 37.8 Å². The average Bonchev–Trinajstić information content (AvgIpc) is 2.24. The normalized spacial score (nSPS) is 26.2. The molecule has 0 saturated heterocycles. The number of aromatic nitrogens is 2. The van der Waals surface area contributed by atoms with Crippen molar-refractivity contribution in [2.75, 3.05) is 5.32 Å². The molecule has 2 unspecified atom stereocenters. The first kappa shape index (κ1) is 10.2. The van der Waals surface area contributed by atoms with E-state index in [0.29, 0.717) is 5.82 Å². The highest BCUT2D eigenvalue weighted by Gasteiger charge is 2.22. The third-order valence-electron chi connectivity index (χ3n) is 2.85. The molecule has 1 fully saturated rings. The van der Waals surface area contributed by atoms with Gasteiger partial charge in [0.2, 0.25) is 0 Å². The van der Waals surface area contributed by atoms with Crippen LogP contribution in [0.3, 0.4) is 0 Å². The van der Waals surface area contributed by atoms with Crippen molar-refractivity contribution in [2.24, 2.45) is 5.73 Å². The Kier molecular flexibility index (Phi) is 3.01. The van der Waals surface area contributed by atoms with Gasteiger partial charge in [-0.3, -0.25) is 4.79 Å². The molecule has 1 aliphatic carbocycles. The summed E-state index contributed by atoms with van der Waals surface area (Å²) in [5.41, 5.74) is 5.79. The lowest BCUT2D eigenvalue weighted by Crippen LogP contribution is -2.43. The topological polar surface area (TPSA) is 83.8 Å². The van der Waals surface area contributed by atoms with E-state index in [4.69, 9.17) is 5.73 Å². The Morgan fingerprint density at radius 2 is 2.27 bits per heavy atom. The van der Waals surface area contributed by atoms with Gasteiger partial charge in [-0.2, -0.15) is 0 Å². The molecule has 0 aromatic carbocycles. The van der Waals surface area contributed by atoms with Gasteiger partial charge < -0.3 is 16.0 Å². The number of rotatable bonds is 2. The lowest BCUT2D eigenvalue weighted by Gasteiger charge is -2.29. The molecule has 0 spiro atoms. The lowest BCUT2D eigenvalue weighted by molar-refractivity contribution is 0.403. The Balaban J connectivity index is 2.08. The van der Waals surface area contributed by atoms with Gasteiger partial charge in [0.15, 0.2) is 5.82 Å². The minimum atomic E-state index is -0.185. The number of H-pyrrole nitrogens is 1. The Morgan fingerprint density at radius 1 is 1.47 bits per heavy atom. The molecular weight excluding hydrogens is 192 g/mol. The maximum absolute atomic E-state index is 11.4. The summed E-state index contributed by atoms with van der Waals surface area (Å²) in [7, 11) is 0. The molecule has 82 valence electrons. The molecule has 5 heteroatoms. The van der Waals surface area contributed by atoms with Crippen molar-refractivity contribution >= 4 is 5.82 Å². The van der Waals surface area contributed by atoms with Gasteiger partial charge in [-0.15, -0.1) is 0 Å². The van der Waals surface area contributed by atoms with Gasteiger partial charge in [-0.1, -0.05) is 12.8 Å². The zero-order chi connectivity index (χ0) is 10.7. The van der Waals surface area contributed by atoms with Gasteiger partial charge in [-0.25, -0.2) is 4.98 Å². The highest BCUT2D eigenvalue weighted by atomic mass is 16.1. The van der Waals surface area contributed by atoms with Crippen molar-refractivity contribution < 1.29 is 0 Å². The number of anilines is 1. The van der Waals surface area contributed by atoms with Crippen LogP contribution in [0.25, 0.3) is 0 Å². The zero-order valence-electron chi connectivity index (χ0n) is 8.57. The summed E-state index contributed by atoms with van der Waals surface area (Å²) in [6.45, 7) is 0. The van der Waals surface area contributed by atoms with Crippen LogP contribution in [0.2, 0.25) is 0 Å². The van der Waals surface area contributed by atoms with Crippen molar-refractivity contribution in [1.82, 2.24) is 9.97 Å². The summed E-state index contributed by atoms with van der Waals surface area (Å²) in [6.07, 6.45) is 7.46. The van der Waals surface area contributed by atoms with Crippen LogP contribution in [-0.4, -0.2) is 22.1 Å². The fourth-order valence-electron chi connectivity index (χ4n) is 1.97. The summed E-state index contributed by atoms with van der Waals surface area (Å²) in [5.74, 6) is 0.375. The summed E-state index contributed by atoms with van der Waals surface area (Å²) >= 11 is 0. The number of hydrogen-bond acceptors (Lipinski definition) is 4. The van der Waals surface area contributed by atoms with Crippen LogP contribution in [0.4, 0.5) is 5.82 Å². The fourth-order valence-corrected chi connectivity index (χ4v) is 1.97. The number of nitrogens with two attached hydrogens (primary N) is 1. The molecule has 2 atom stereocenters. The van der Waals surface area contributed by atoms with E-state index in [9.17, 15) is 4.79 Å². The monoisotopic (exact) mass is 208 g/mol. The molecule has 0 radical (unpaired) electrons. The van der Waals surface area contributed by atoms with Gasteiger partial charge in [0.25, 0.3) is 5.56 Å². The van der Waals surface area contributed by atoms with Crippen LogP contribution >= 0.6 is 0 Å². The second kappa shape index (κ2) is 4.44. The smallest absolute Gasteiger partial charge is 0.290 e. The zero-order valence-corrected chi connectivity index (χ0v) is 8.57. The van der Waals surface area contributed by atoms with Crippen molar-refractivity contribution in [3.8, 4) is 0 Å². The fraction of sp³-hybridized carbons (Fsp3) is 0.600. The Labute approximate surface area is 88.1 Å². The molecule has 1 heterocycles. The van der Waals surface area contributed by atoms with Crippen LogP contribution in [0, 0.1) is 0 Å². The van der Waals surface area contributed by atoms with E-state index in [1.165, 1.54) is 12.6 Å². The predicted molar refractivity (Wildman–Crippen MR) is 58.7 cm³/mol. The molecule has 15 heavy (non-hydrogen) atoms. The number of hydrogen-bond donors (Lipinski definition) is 3. The lowest BCUT2D eigenvalue weighted by atomic mass is 9.91. The van der Waals surface area contributed by atoms with Crippen LogP contribution in [0.5, 0.6) is 0 Å². The molecule has 0 bridgehead atoms. The van der Waals surface area contributed by atoms with Crippen LogP contribution < -0.4 is 16.6 Å². The summed E-state index contributed by atoms with van der Waals surface area (Å²) in [4.78, 5) is 18.0. The predicted octanol–water partition coefficient (Wildman–Crippen LogP) is 0.452. The second-order valence-corrected chi connectivity index (χ2v) is 3.97. The van der Waals surface area contributed by atoms with E-state index in [2.05, 4.69) is 15.3 Å². The van der Waals surface area contributed by atoms with Gasteiger partial charge in [0, 0.05) is 24.5 Å². The van der Waals surface area contributed by atoms with E-state index < -0.39 is 0 Å². The van der Waals surface area contributed by atoms with Gasteiger partial charge in [0.1, 0.15) is 0 Å². The Bertz CT molecular complexity index is 376. The molecule has 2 rings (SSSR count). The first-order valence-corrected chi connectivity index (χ1v) is 5.33. The van der Waals surface area contributed by atoms with Gasteiger partial charge in [0.05, 0.1) is 0 Å². The number of nitrogens with zero attached hydrogens (tertiary/aromatic N) is 1. The molecule has 0 aliphatic heterocycles. The van der Waals surface area contributed by atoms with Crippen LogP contribution in [0.1, 0.15) is 25.7 Å². The molecule has 4 N–H and O–H groups in total.